The zero-order chi connectivity index (χ0) is 39.6. The number of hydrogen-bond donors (Lipinski definition) is 0. The van der Waals surface area contributed by atoms with Gasteiger partial charge in [0.05, 0.1) is 0 Å². The lowest BCUT2D eigenvalue weighted by Crippen LogP contribution is -1.95. The third kappa shape index (κ3) is 5.39. The summed E-state index contributed by atoms with van der Waals surface area (Å²) in [5.41, 5.74) is 12.5. The van der Waals surface area contributed by atoms with Crippen molar-refractivity contribution >= 4 is 64.6 Å². The minimum atomic E-state index is 1.20. The molecule has 0 atom stereocenters. The quantitative estimate of drug-likeness (QED) is 0.153. The number of fused-ring (bicyclic) bond motifs is 6. The summed E-state index contributed by atoms with van der Waals surface area (Å²) in [4.78, 5) is 0. The van der Waals surface area contributed by atoms with Gasteiger partial charge in [0.2, 0.25) is 0 Å². The van der Waals surface area contributed by atoms with Crippen molar-refractivity contribution in [2.24, 2.45) is 0 Å². The summed E-state index contributed by atoms with van der Waals surface area (Å²) in [5.74, 6) is 0. The van der Waals surface area contributed by atoms with Crippen LogP contribution in [0.2, 0.25) is 0 Å². The first-order valence-electron chi connectivity index (χ1n) is 20.8. The molecule has 0 radical (unpaired) electrons. The van der Waals surface area contributed by atoms with Gasteiger partial charge in [-0.3, -0.25) is 0 Å². The van der Waals surface area contributed by atoms with Gasteiger partial charge in [-0.05, 0) is 132 Å². The fourth-order valence-electron chi connectivity index (χ4n) is 10.0. The van der Waals surface area contributed by atoms with Gasteiger partial charge in [0, 0.05) is 0 Å². The molecule has 0 amide bonds. The Bertz CT molecular complexity index is 3530. The van der Waals surface area contributed by atoms with E-state index in [1.807, 2.05) is 0 Å². The van der Waals surface area contributed by atoms with E-state index in [9.17, 15) is 0 Å². The van der Waals surface area contributed by atoms with Crippen LogP contribution in [0.3, 0.4) is 0 Å². The van der Waals surface area contributed by atoms with Crippen molar-refractivity contribution < 1.29 is 0 Å². The Hall–Kier alpha value is -7.80. The van der Waals surface area contributed by atoms with Gasteiger partial charge >= 0.3 is 0 Å². The zero-order valence-corrected chi connectivity index (χ0v) is 32.9. The Morgan fingerprint density at radius 1 is 0.167 bits per heavy atom. The Morgan fingerprint density at radius 3 is 1.10 bits per heavy atom. The molecule has 0 heterocycles. The Balaban J connectivity index is 1.14. The summed E-state index contributed by atoms with van der Waals surface area (Å²) < 4.78 is 0. The van der Waals surface area contributed by atoms with Gasteiger partial charge in [0.1, 0.15) is 0 Å². The molecule has 0 nitrogen and oxygen atoms in total. The van der Waals surface area contributed by atoms with Gasteiger partial charge in [0.25, 0.3) is 0 Å². The first-order chi connectivity index (χ1) is 29.8. The molecule has 0 aliphatic carbocycles. The van der Waals surface area contributed by atoms with E-state index in [1.165, 1.54) is 120 Å². The van der Waals surface area contributed by atoms with E-state index in [1.54, 1.807) is 0 Å². The highest BCUT2D eigenvalue weighted by atomic mass is 14.3. The van der Waals surface area contributed by atoms with Crippen LogP contribution in [-0.4, -0.2) is 0 Å². The van der Waals surface area contributed by atoms with Crippen molar-refractivity contribution in [3.8, 4) is 55.6 Å². The van der Waals surface area contributed by atoms with Gasteiger partial charge in [-0.25, -0.2) is 0 Å². The largest absolute Gasteiger partial charge is 0.0622 e. The van der Waals surface area contributed by atoms with E-state index in [0.29, 0.717) is 0 Å². The maximum absolute atomic E-state index is 2.41. The predicted octanol–water partition coefficient (Wildman–Crippen LogP) is 16.9. The van der Waals surface area contributed by atoms with Crippen molar-refractivity contribution in [2.75, 3.05) is 0 Å². The summed E-state index contributed by atoms with van der Waals surface area (Å²) in [6, 6.07) is 85.2. The lowest BCUT2D eigenvalue weighted by Gasteiger charge is -2.22. The molecule has 0 unspecified atom stereocenters. The lowest BCUT2D eigenvalue weighted by atomic mass is 9.80. The highest BCUT2D eigenvalue weighted by Crippen LogP contribution is 2.50. The molecule has 0 N–H and O–H groups in total. The lowest BCUT2D eigenvalue weighted by molar-refractivity contribution is 1.60. The van der Waals surface area contributed by atoms with Crippen LogP contribution in [0.25, 0.3) is 120 Å². The van der Waals surface area contributed by atoms with Gasteiger partial charge in [-0.2, -0.15) is 0 Å². The second kappa shape index (κ2) is 13.9. The minimum Gasteiger partial charge on any atom is -0.0622 e. The Kier molecular flexibility index (Phi) is 7.96. The smallest absolute Gasteiger partial charge is 0.00139 e. The molecule has 12 rings (SSSR count). The molecule has 0 saturated carbocycles. The van der Waals surface area contributed by atoms with Gasteiger partial charge in [-0.15, -0.1) is 0 Å². The van der Waals surface area contributed by atoms with Gasteiger partial charge < -0.3 is 0 Å². The van der Waals surface area contributed by atoms with E-state index in [0.717, 1.165) is 0 Å². The second-order valence-corrected chi connectivity index (χ2v) is 15.9. The number of benzene rings is 12. The molecule has 60 heavy (non-hydrogen) atoms. The van der Waals surface area contributed by atoms with Crippen LogP contribution >= 0.6 is 0 Å². The minimum absolute atomic E-state index is 1.20. The first-order valence-corrected chi connectivity index (χ1v) is 20.8. The van der Waals surface area contributed by atoms with Crippen molar-refractivity contribution in [3.05, 3.63) is 231 Å². The van der Waals surface area contributed by atoms with E-state index < -0.39 is 0 Å². The summed E-state index contributed by atoms with van der Waals surface area (Å²) >= 11 is 0. The molecule has 12 aromatic carbocycles. The van der Waals surface area contributed by atoms with Crippen LogP contribution in [0.4, 0.5) is 0 Å². The van der Waals surface area contributed by atoms with Crippen LogP contribution in [0.15, 0.2) is 231 Å². The fourth-order valence-corrected chi connectivity index (χ4v) is 10.0. The van der Waals surface area contributed by atoms with Gasteiger partial charge in [0.15, 0.2) is 0 Å². The molecular weight excluding hydrogens is 721 g/mol. The first kappa shape index (κ1) is 34.3. The van der Waals surface area contributed by atoms with E-state index in [-0.39, 0.29) is 0 Å². The average molecular weight is 759 g/mol. The monoisotopic (exact) mass is 758 g/mol. The molecule has 0 heteroatoms. The molecule has 0 aliphatic rings. The standard InChI is InChI=1S/C60H38/c1-2-19-41(20-3-1)56-46-24-7-6-18-40(46)35-36-47(56)43-22-16-23-44(38-43)57-48-25-8-12-29-52(48)59(53-30-13-9-26-49(53)57)60-54-31-14-10-27-50(54)58(51-28-11-15-32-55(51)60)45-34-33-39-17-4-5-21-42(39)37-45/h1-38H. The fraction of sp³-hybridized carbons (Fsp3) is 0. The van der Waals surface area contributed by atoms with Crippen molar-refractivity contribution in [3.63, 3.8) is 0 Å². The van der Waals surface area contributed by atoms with Crippen LogP contribution in [-0.2, 0) is 0 Å². The summed E-state index contributed by atoms with van der Waals surface area (Å²) in [6.07, 6.45) is 0. The molecule has 12 aromatic rings. The summed E-state index contributed by atoms with van der Waals surface area (Å²) in [6.45, 7) is 0. The van der Waals surface area contributed by atoms with E-state index in [4.69, 9.17) is 0 Å². The molecule has 278 valence electrons. The topological polar surface area (TPSA) is 0 Å². The highest BCUT2D eigenvalue weighted by Gasteiger charge is 2.23. The zero-order valence-electron chi connectivity index (χ0n) is 32.9. The average Bonchev–Trinajstić information content (AvgIpc) is 3.32. The molecule has 0 aliphatic heterocycles. The van der Waals surface area contributed by atoms with E-state index >= 15 is 0 Å². The second-order valence-electron chi connectivity index (χ2n) is 15.9. The SMILES string of the molecule is c1ccc(-c2c(-c3cccc(-c4c5ccccc5c(-c5c6ccccc6c(-c6ccc7ccccc7c6)c6ccccc56)c5ccccc45)c3)ccc3ccccc23)cc1. The van der Waals surface area contributed by atoms with E-state index in [2.05, 4.69) is 231 Å². The van der Waals surface area contributed by atoms with Crippen LogP contribution in [0.5, 0.6) is 0 Å². The van der Waals surface area contributed by atoms with Crippen LogP contribution < -0.4 is 0 Å². The molecule has 0 fully saturated rings. The maximum Gasteiger partial charge on any atom is -0.00139 e. The number of rotatable bonds is 5. The predicted molar refractivity (Wildman–Crippen MR) is 259 cm³/mol. The molecule has 0 spiro atoms. The molecule has 0 saturated heterocycles. The molecule has 0 bridgehead atoms. The Morgan fingerprint density at radius 2 is 0.550 bits per heavy atom. The van der Waals surface area contributed by atoms with Crippen molar-refractivity contribution in [1.82, 2.24) is 0 Å². The number of hydrogen-bond acceptors (Lipinski definition) is 0. The Labute approximate surface area is 349 Å². The molecule has 0 aromatic heterocycles. The third-order valence-electron chi connectivity index (χ3n) is 12.6. The van der Waals surface area contributed by atoms with Crippen LogP contribution in [0, 0.1) is 0 Å². The third-order valence-corrected chi connectivity index (χ3v) is 12.6. The maximum atomic E-state index is 2.41. The molecular formula is C60H38. The normalized spacial score (nSPS) is 11.7. The summed E-state index contributed by atoms with van der Waals surface area (Å²) in [7, 11) is 0. The van der Waals surface area contributed by atoms with Crippen molar-refractivity contribution in [1.29, 1.82) is 0 Å². The van der Waals surface area contributed by atoms with Crippen LogP contribution in [0.1, 0.15) is 0 Å². The van der Waals surface area contributed by atoms with Crippen molar-refractivity contribution in [2.45, 2.75) is 0 Å². The summed E-state index contributed by atoms with van der Waals surface area (Å²) in [5, 5.41) is 15.0. The van der Waals surface area contributed by atoms with Gasteiger partial charge in [-0.1, -0.05) is 218 Å². The highest BCUT2D eigenvalue weighted by molar-refractivity contribution is 6.30.